The molecule has 21 heavy (non-hydrogen) atoms. The number of nitrogens with two attached hydrogens (primary N) is 1. The number of aliphatic hydroxyl groups excluding tert-OH is 1. The van der Waals surface area contributed by atoms with Crippen molar-refractivity contribution in [3.8, 4) is 6.01 Å². The molecular weight excluding hydrogens is 274 g/mol. The smallest absolute Gasteiger partial charge is 0.316 e. The van der Waals surface area contributed by atoms with Crippen LogP contribution in [0.4, 0.5) is 0 Å². The Bertz CT molecular complexity index is 843. The topological polar surface area (TPSA) is 116 Å². The molecule has 3 rings (SSSR count). The summed E-state index contributed by atoms with van der Waals surface area (Å²) >= 11 is 0. The number of primary amides is 1. The monoisotopic (exact) mass is 287 g/mol. The molecule has 108 valence electrons. The van der Waals surface area contributed by atoms with Gasteiger partial charge in [0.25, 0.3) is 5.91 Å². The Kier molecular flexibility index (Phi) is 3.15. The van der Waals surface area contributed by atoms with E-state index in [1.807, 2.05) is 0 Å². The zero-order chi connectivity index (χ0) is 15.0. The van der Waals surface area contributed by atoms with Crippen molar-refractivity contribution in [3.05, 3.63) is 24.0 Å². The number of benzene rings is 1. The van der Waals surface area contributed by atoms with Crippen LogP contribution in [0.15, 0.2) is 18.3 Å². The number of fused-ring (bicyclic) bond motifs is 3. The van der Waals surface area contributed by atoms with Crippen molar-refractivity contribution < 1.29 is 14.6 Å². The number of nitrogens with zero attached hydrogens (tertiary/aromatic N) is 4. The Morgan fingerprint density at radius 2 is 2.29 bits per heavy atom. The number of hydrogen-bond donors (Lipinski definition) is 2. The highest BCUT2D eigenvalue weighted by Crippen LogP contribution is 2.27. The number of ether oxygens (including phenoxy) is 1. The maximum Gasteiger partial charge on any atom is 0.316 e. The summed E-state index contributed by atoms with van der Waals surface area (Å²) in [6.45, 7) is 0.114. The Labute approximate surface area is 119 Å². The molecule has 0 radical (unpaired) electrons. The third kappa shape index (κ3) is 2.05. The van der Waals surface area contributed by atoms with Crippen LogP contribution in [0.3, 0.4) is 0 Å². The number of aliphatic hydroxyl groups is 1. The molecule has 3 aromatic rings. The van der Waals surface area contributed by atoms with Crippen LogP contribution in [0.2, 0.25) is 0 Å². The van der Waals surface area contributed by atoms with Crippen molar-refractivity contribution >= 4 is 27.7 Å². The lowest BCUT2D eigenvalue weighted by atomic mass is 10.1. The summed E-state index contributed by atoms with van der Waals surface area (Å²) in [5.41, 5.74) is 6.72. The average Bonchev–Trinajstić information content (AvgIpc) is 2.86. The van der Waals surface area contributed by atoms with E-state index in [2.05, 4.69) is 15.1 Å². The highest BCUT2D eigenvalue weighted by atomic mass is 16.5. The Morgan fingerprint density at radius 1 is 1.48 bits per heavy atom. The van der Waals surface area contributed by atoms with Crippen LogP contribution >= 0.6 is 0 Å². The largest absolute Gasteiger partial charge is 0.467 e. The zero-order valence-electron chi connectivity index (χ0n) is 11.3. The minimum Gasteiger partial charge on any atom is -0.467 e. The van der Waals surface area contributed by atoms with Gasteiger partial charge in [-0.15, -0.1) is 0 Å². The second-order valence-corrected chi connectivity index (χ2v) is 4.42. The summed E-state index contributed by atoms with van der Waals surface area (Å²) in [4.78, 5) is 19.9. The van der Waals surface area contributed by atoms with Crippen molar-refractivity contribution in [3.63, 3.8) is 0 Å². The fourth-order valence-corrected chi connectivity index (χ4v) is 2.28. The van der Waals surface area contributed by atoms with Gasteiger partial charge in [0.05, 0.1) is 25.8 Å². The van der Waals surface area contributed by atoms with Gasteiger partial charge in [0.2, 0.25) is 0 Å². The van der Waals surface area contributed by atoms with Gasteiger partial charge in [0, 0.05) is 17.0 Å². The molecule has 3 N–H and O–H groups in total. The molecule has 8 nitrogen and oxygen atoms in total. The van der Waals surface area contributed by atoms with E-state index in [4.69, 9.17) is 15.6 Å². The molecule has 0 aliphatic heterocycles. The van der Waals surface area contributed by atoms with E-state index >= 15 is 0 Å². The van der Waals surface area contributed by atoms with Gasteiger partial charge in [0.1, 0.15) is 5.52 Å². The minimum atomic E-state index is -0.628. The molecule has 2 aromatic heterocycles. The Morgan fingerprint density at radius 3 is 2.95 bits per heavy atom. The number of methoxy groups -OCH3 is 1. The molecule has 0 aliphatic carbocycles. The standard InChI is InChI=1S/C13H13N5O3/c1-21-13-15-6-7-2-3-8-10(12(14)20)17-18(4-5-19)11(8)9(7)16-13/h2-3,6,19H,4-5H2,1H3,(H2,14,20). The summed E-state index contributed by atoms with van der Waals surface area (Å²) in [5, 5.41) is 14.7. The first kappa shape index (κ1) is 13.3. The van der Waals surface area contributed by atoms with E-state index in [0.29, 0.717) is 16.4 Å². The average molecular weight is 287 g/mol. The van der Waals surface area contributed by atoms with Crippen LogP contribution in [0.5, 0.6) is 6.01 Å². The third-order valence-electron chi connectivity index (χ3n) is 3.17. The molecule has 0 atom stereocenters. The first-order valence-corrected chi connectivity index (χ1v) is 6.26. The normalized spacial score (nSPS) is 11.1. The van der Waals surface area contributed by atoms with Crippen LogP contribution in [0.25, 0.3) is 21.8 Å². The third-order valence-corrected chi connectivity index (χ3v) is 3.17. The maximum atomic E-state index is 11.5. The van der Waals surface area contributed by atoms with Crippen molar-refractivity contribution in [2.75, 3.05) is 13.7 Å². The first-order chi connectivity index (χ1) is 10.2. The lowest BCUT2D eigenvalue weighted by Gasteiger charge is -2.05. The maximum absolute atomic E-state index is 11.5. The van der Waals surface area contributed by atoms with Gasteiger partial charge in [-0.2, -0.15) is 10.1 Å². The van der Waals surface area contributed by atoms with E-state index in [1.165, 1.54) is 11.8 Å². The van der Waals surface area contributed by atoms with Crippen LogP contribution in [-0.4, -0.2) is 44.5 Å². The molecule has 0 saturated carbocycles. The Hall–Kier alpha value is -2.74. The number of amides is 1. The molecule has 8 heteroatoms. The summed E-state index contributed by atoms with van der Waals surface area (Å²) in [6, 6.07) is 3.75. The van der Waals surface area contributed by atoms with E-state index < -0.39 is 5.91 Å². The number of hydrogen-bond acceptors (Lipinski definition) is 6. The number of rotatable bonds is 4. The molecule has 0 fully saturated rings. The van der Waals surface area contributed by atoms with E-state index in [0.717, 1.165) is 5.39 Å². The van der Waals surface area contributed by atoms with Crippen molar-refractivity contribution in [2.45, 2.75) is 6.54 Å². The van der Waals surface area contributed by atoms with Crippen molar-refractivity contribution in [1.29, 1.82) is 0 Å². The fraction of sp³-hybridized carbons (Fsp3) is 0.231. The molecule has 0 aliphatic rings. The lowest BCUT2D eigenvalue weighted by molar-refractivity contribution is 0.0996. The molecule has 0 saturated heterocycles. The van der Waals surface area contributed by atoms with Crippen LogP contribution in [0.1, 0.15) is 10.5 Å². The van der Waals surface area contributed by atoms with Gasteiger partial charge >= 0.3 is 6.01 Å². The quantitative estimate of drug-likeness (QED) is 0.702. The molecule has 1 amide bonds. The Balaban J connectivity index is 2.43. The fourth-order valence-electron chi connectivity index (χ4n) is 2.28. The van der Waals surface area contributed by atoms with E-state index in [-0.39, 0.29) is 24.9 Å². The highest BCUT2D eigenvalue weighted by molar-refractivity contribution is 6.11. The highest BCUT2D eigenvalue weighted by Gasteiger charge is 2.18. The minimum absolute atomic E-state index is 0.117. The SMILES string of the molecule is COc1ncc2ccc3c(C(N)=O)nn(CCO)c3c2n1. The molecule has 0 bridgehead atoms. The van der Waals surface area contributed by atoms with Gasteiger partial charge < -0.3 is 15.6 Å². The number of carbonyl (C=O) groups excluding carboxylic acids is 1. The van der Waals surface area contributed by atoms with Gasteiger partial charge in [0.15, 0.2) is 5.69 Å². The van der Waals surface area contributed by atoms with Crippen molar-refractivity contribution in [1.82, 2.24) is 19.7 Å². The second-order valence-electron chi connectivity index (χ2n) is 4.42. The predicted molar refractivity (Wildman–Crippen MR) is 75.0 cm³/mol. The molecule has 2 heterocycles. The molecule has 0 unspecified atom stereocenters. The zero-order valence-corrected chi connectivity index (χ0v) is 11.3. The summed E-state index contributed by atoms with van der Waals surface area (Å²) in [5.74, 6) is -0.628. The van der Waals surface area contributed by atoms with Crippen LogP contribution < -0.4 is 10.5 Å². The summed E-state index contributed by atoms with van der Waals surface area (Å²) in [6.07, 6.45) is 1.63. The van der Waals surface area contributed by atoms with Gasteiger partial charge in [-0.3, -0.25) is 9.48 Å². The number of aromatic nitrogens is 4. The van der Waals surface area contributed by atoms with Crippen LogP contribution in [0, 0.1) is 0 Å². The summed E-state index contributed by atoms with van der Waals surface area (Å²) < 4.78 is 6.55. The van der Waals surface area contributed by atoms with Crippen LogP contribution in [-0.2, 0) is 6.54 Å². The predicted octanol–water partition coefficient (Wildman–Crippen LogP) is 0.0793. The van der Waals surface area contributed by atoms with E-state index in [9.17, 15) is 4.79 Å². The molecule has 1 aromatic carbocycles. The molecule has 0 spiro atoms. The lowest BCUT2D eigenvalue weighted by Crippen LogP contribution is -2.13. The van der Waals surface area contributed by atoms with E-state index in [1.54, 1.807) is 18.3 Å². The number of carbonyl (C=O) groups is 1. The van der Waals surface area contributed by atoms with Crippen molar-refractivity contribution in [2.24, 2.45) is 5.73 Å². The van der Waals surface area contributed by atoms with Gasteiger partial charge in [-0.25, -0.2) is 4.98 Å². The van der Waals surface area contributed by atoms with Gasteiger partial charge in [-0.1, -0.05) is 6.07 Å². The second kappa shape index (κ2) is 4.98. The summed E-state index contributed by atoms with van der Waals surface area (Å²) in [7, 11) is 1.47. The van der Waals surface area contributed by atoms with Gasteiger partial charge in [-0.05, 0) is 6.07 Å². The first-order valence-electron chi connectivity index (χ1n) is 6.26. The molecular formula is C13H13N5O3.